The number of amides is 2. The lowest BCUT2D eigenvalue weighted by atomic mass is 9.97. The van der Waals surface area contributed by atoms with Gasteiger partial charge >= 0.3 is 0 Å². The molecule has 3 aromatic rings. The Balaban J connectivity index is 1.74. The number of fused-ring (bicyclic) bond motifs is 1. The molecule has 2 aliphatic heterocycles. The van der Waals surface area contributed by atoms with Crippen LogP contribution in [-0.4, -0.2) is 25.5 Å². The molecule has 0 unspecified atom stereocenters. The molecule has 0 radical (unpaired) electrons. The summed E-state index contributed by atoms with van der Waals surface area (Å²) in [5.74, 6) is -0.358. The van der Waals surface area contributed by atoms with E-state index in [0.717, 1.165) is 34.4 Å². The smallest absolute Gasteiger partial charge is 0.282 e. The number of halogens is 1. The molecule has 0 spiro atoms. The number of imide groups is 1. The number of carbonyl (C=O) groups excluding carboxylic acids is 2. The Morgan fingerprint density at radius 1 is 0.909 bits per heavy atom. The topological polar surface area (TPSA) is 49.9 Å². The van der Waals surface area contributed by atoms with Gasteiger partial charge in [0.15, 0.2) is 0 Å². The Hall–Kier alpha value is -3.57. The van der Waals surface area contributed by atoms with Crippen LogP contribution in [0.25, 0.3) is 5.57 Å². The normalized spacial score (nSPS) is 15.5. The van der Waals surface area contributed by atoms with Gasteiger partial charge in [0.25, 0.3) is 11.8 Å². The van der Waals surface area contributed by atoms with Crippen molar-refractivity contribution in [2.45, 2.75) is 20.3 Å². The van der Waals surface area contributed by atoms with Crippen molar-refractivity contribution in [3.63, 3.8) is 0 Å². The maximum atomic E-state index is 14.0. The molecule has 0 atom stereocenters. The van der Waals surface area contributed by atoms with Crippen molar-refractivity contribution in [2.24, 2.45) is 0 Å². The fourth-order valence-electron chi connectivity index (χ4n) is 4.73. The van der Waals surface area contributed by atoms with Crippen molar-refractivity contribution >= 4 is 40.4 Å². The summed E-state index contributed by atoms with van der Waals surface area (Å²) in [5, 5.41) is 0.416. The second-order valence-corrected chi connectivity index (χ2v) is 8.77. The van der Waals surface area contributed by atoms with Crippen LogP contribution in [-0.2, 0) is 16.0 Å². The van der Waals surface area contributed by atoms with Crippen LogP contribution < -0.4 is 14.5 Å². The third-order valence-electron chi connectivity index (χ3n) is 6.25. The number of rotatable bonds is 4. The fraction of sp³-hybridized carbons (Fsp3) is 0.185. The van der Waals surface area contributed by atoms with Crippen LogP contribution in [0.2, 0.25) is 5.02 Å². The van der Waals surface area contributed by atoms with E-state index in [1.54, 1.807) is 18.2 Å². The highest BCUT2D eigenvalue weighted by molar-refractivity contribution is 6.47. The summed E-state index contributed by atoms with van der Waals surface area (Å²) < 4.78 is 5.47. The Labute approximate surface area is 197 Å². The lowest BCUT2D eigenvalue weighted by Crippen LogP contribution is -2.35. The summed E-state index contributed by atoms with van der Waals surface area (Å²) in [5.41, 5.74) is 6.02. The lowest BCUT2D eigenvalue weighted by molar-refractivity contribution is -0.120. The van der Waals surface area contributed by atoms with Crippen LogP contribution in [0.15, 0.2) is 66.4 Å². The van der Waals surface area contributed by atoms with Crippen LogP contribution in [0, 0.1) is 13.8 Å². The van der Waals surface area contributed by atoms with Crippen LogP contribution in [0.3, 0.4) is 0 Å². The molecule has 166 valence electrons. The molecular weight excluding hydrogens is 436 g/mol. The van der Waals surface area contributed by atoms with Crippen molar-refractivity contribution in [1.29, 1.82) is 0 Å². The standard InChI is InChI=1S/C27H23ClN2O3/c1-16-8-10-20(17(2)14-16)24-25(29-13-12-18-6-4-5-7-21(18)29)27(32)30(26(24)31)22-15-19(28)9-11-23(22)33-3/h4-11,14-15H,12-13H2,1-3H3. The molecule has 5 rings (SSSR count). The van der Waals surface area contributed by atoms with Gasteiger partial charge in [0.2, 0.25) is 0 Å². The molecular formula is C27H23ClN2O3. The van der Waals surface area contributed by atoms with Crippen molar-refractivity contribution in [3.05, 3.63) is 93.6 Å². The SMILES string of the molecule is COc1ccc(Cl)cc1N1C(=O)C(c2ccc(C)cc2C)=C(N2CCc3ccccc32)C1=O. The summed E-state index contributed by atoms with van der Waals surface area (Å²) in [4.78, 5) is 31.1. The number of hydrogen-bond donors (Lipinski definition) is 0. The number of hydrogen-bond acceptors (Lipinski definition) is 4. The minimum atomic E-state index is -0.382. The maximum Gasteiger partial charge on any atom is 0.282 e. The predicted octanol–water partition coefficient (Wildman–Crippen LogP) is 5.31. The van der Waals surface area contributed by atoms with E-state index in [1.807, 2.05) is 55.1 Å². The van der Waals surface area contributed by atoms with E-state index in [1.165, 1.54) is 12.0 Å². The monoisotopic (exact) mass is 458 g/mol. The van der Waals surface area contributed by atoms with Crippen LogP contribution in [0.1, 0.15) is 22.3 Å². The van der Waals surface area contributed by atoms with E-state index in [0.29, 0.717) is 34.3 Å². The first-order valence-corrected chi connectivity index (χ1v) is 11.2. The highest BCUT2D eigenvalue weighted by atomic mass is 35.5. The quantitative estimate of drug-likeness (QED) is 0.497. The number of carbonyl (C=O) groups is 2. The number of nitrogens with zero attached hydrogens (tertiary/aromatic N) is 2. The Bertz CT molecular complexity index is 1340. The van der Waals surface area contributed by atoms with Crippen molar-refractivity contribution in [3.8, 4) is 5.75 Å². The highest BCUT2D eigenvalue weighted by Crippen LogP contribution is 2.43. The zero-order valence-corrected chi connectivity index (χ0v) is 19.4. The molecule has 3 aromatic carbocycles. The van der Waals surface area contributed by atoms with Crippen molar-refractivity contribution in [1.82, 2.24) is 0 Å². The number of para-hydroxylation sites is 1. The highest BCUT2D eigenvalue weighted by Gasteiger charge is 2.45. The summed E-state index contributed by atoms with van der Waals surface area (Å²) in [7, 11) is 1.51. The predicted molar refractivity (Wildman–Crippen MR) is 131 cm³/mol. The van der Waals surface area contributed by atoms with E-state index in [4.69, 9.17) is 16.3 Å². The average molecular weight is 459 g/mol. The van der Waals surface area contributed by atoms with Gasteiger partial charge in [-0.05, 0) is 61.2 Å². The second kappa shape index (κ2) is 8.09. The van der Waals surface area contributed by atoms with Gasteiger partial charge in [-0.3, -0.25) is 9.59 Å². The molecule has 2 heterocycles. The molecule has 0 bridgehead atoms. The zero-order valence-electron chi connectivity index (χ0n) is 18.7. The number of methoxy groups -OCH3 is 1. The van der Waals surface area contributed by atoms with Gasteiger partial charge in [0.1, 0.15) is 11.4 Å². The molecule has 0 aliphatic carbocycles. The summed E-state index contributed by atoms with van der Waals surface area (Å²) >= 11 is 6.25. The first-order chi connectivity index (χ1) is 15.9. The summed E-state index contributed by atoms with van der Waals surface area (Å²) in [6.07, 6.45) is 0.807. The Kier molecular flexibility index (Phi) is 5.22. The third kappa shape index (κ3) is 3.40. The van der Waals surface area contributed by atoms with E-state index < -0.39 is 0 Å². The van der Waals surface area contributed by atoms with E-state index in [-0.39, 0.29) is 11.8 Å². The third-order valence-corrected chi connectivity index (χ3v) is 6.48. The van der Waals surface area contributed by atoms with Crippen molar-refractivity contribution < 1.29 is 14.3 Å². The Morgan fingerprint density at radius 2 is 1.70 bits per heavy atom. The lowest BCUT2D eigenvalue weighted by Gasteiger charge is -2.22. The minimum Gasteiger partial charge on any atom is -0.495 e. The van der Waals surface area contributed by atoms with Crippen LogP contribution in [0.4, 0.5) is 11.4 Å². The molecule has 5 nitrogen and oxygen atoms in total. The molecule has 6 heteroatoms. The first kappa shape index (κ1) is 21.3. The molecule has 33 heavy (non-hydrogen) atoms. The van der Waals surface area contributed by atoms with Gasteiger partial charge in [-0.2, -0.15) is 0 Å². The van der Waals surface area contributed by atoms with E-state index in [9.17, 15) is 9.59 Å². The maximum absolute atomic E-state index is 14.0. The molecule has 2 aliphatic rings. The molecule has 0 saturated carbocycles. The van der Waals surface area contributed by atoms with Crippen molar-refractivity contribution in [2.75, 3.05) is 23.5 Å². The van der Waals surface area contributed by atoms with Gasteiger partial charge in [-0.25, -0.2) is 4.90 Å². The summed E-state index contributed by atoms with van der Waals surface area (Å²) in [6, 6.07) is 18.8. The second-order valence-electron chi connectivity index (χ2n) is 8.33. The van der Waals surface area contributed by atoms with E-state index >= 15 is 0 Å². The Morgan fingerprint density at radius 3 is 2.45 bits per heavy atom. The molecule has 0 aromatic heterocycles. The summed E-state index contributed by atoms with van der Waals surface area (Å²) in [6.45, 7) is 4.60. The fourth-order valence-corrected chi connectivity index (χ4v) is 4.90. The average Bonchev–Trinajstić information content (AvgIpc) is 3.32. The van der Waals surface area contributed by atoms with Gasteiger partial charge in [-0.15, -0.1) is 0 Å². The van der Waals surface area contributed by atoms with Gasteiger partial charge in [0, 0.05) is 17.3 Å². The number of benzene rings is 3. The minimum absolute atomic E-state index is 0.338. The first-order valence-electron chi connectivity index (χ1n) is 10.8. The van der Waals surface area contributed by atoms with Crippen LogP contribution in [0.5, 0.6) is 5.75 Å². The molecule has 0 saturated heterocycles. The number of aryl methyl sites for hydroxylation is 2. The van der Waals surface area contributed by atoms with Gasteiger partial charge in [-0.1, -0.05) is 53.6 Å². The van der Waals surface area contributed by atoms with Gasteiger partial charge < -0.3 is 9.64 Å². The van der Waals surface area contributed by atoms with E-state index in [2.05, 4.69) is 6.07 Å². The van der Waals surface area contributed by atoms with Gasteiger partial charge in [0.05, 0.1) is 18.4 Å². The number of ether oxygens (including phenoxy) is 1. The largest absolute Gasteiger partial charge is 0.495 e. The number of anilines is 2. The molecule has 0 N–H and O–H groups in total. The molecule has 2 amide bonds. The zero-order chi connectivity index (χ0) is 23.3. The molecule has 0 fully saturated rings. The van der Waals surface area contributed by atoms with Crippen LogP contribution >= 0.6 is 11.6 Å².